The second kappa shape index (κ2) is 5.55. The number of carbonyl (C=O) groups is 1. The van der Waals surface area contributed by atoms with Gasteiger partial charge in [0.05, 0.1) is 13.7 Å². The van der Waals surface area contributed by atoms with Gasteiger partial charge in [-0.15, -0.1) is 0 Å². The van der Waals surface area contributed by atoms with Gasteiger partial charge in [0, 0.05) is 12.5 Å². The molecule has 0 aliphatic carbocycles. The molecule has 96 valence electrons. The number of hydrogen-bond donors (Lipinski definition) is 1. The Kier molecular flexibility index (Phi) is 3.84. The molecular weight excluding hydrogens is 234 g/mol. The molecule has 1 aromatic carbocycles. The maximum Gasteiger partial charge on any atom is 0.406 e. The number of alkyl carbamates (subject to hydrolysis) is 1. The van der Waals surface area contributed by atoms with E-state index in [2.05, 4.69) is 10.1 Å². The molecule has 0 radical (unpaired) electrons. The summed E-state index contributed by atoms with van der Waals surface area (Å²) in [6.45, 7) is 0.295. The van der Waals surface area contributed by atoms with Crippen molar-refractivity contribution in [2.45, 2.75) is 6.10 Å². The van der Waals surface area contributed by atoms with E-state index in [1.165, 1.54) is 7.11 Å². The van der Waals surface area contributed by atoms with Crippen LogP contribution in [-0.4, -0.2) is 26.9 Å². The first-order valence-electron chi connectivity index (χ1n) is 5.57. The summed E-state index contributed by atoms with van der Waals surface area (Å²) in [6.07, 6.45) is -0.829. The second-order valence-electron chi connectivity index (χ2n) is 3.78. The quantitative estimate of drug-likeness (QED) is 0.904. The molecule has 5 heteroatoms. The van der Waals surface area contributed by atoms with Gasteiger partial charge in [-0.3, -0.25) is 0 Å². The molecule has 1 aromatic heterocycles. The molecule has 1 amide bonds. The van der Waals surface area contributed by atoms with E-state index < -0.39 is 6.09 Å². The molecule has 1 atom stereocenters. The zero-order valence-corrected chi connectivity index (χ0v) is 10.3. The molecule has 5 nitrogen and oxygen atoms in total. The van der Waals surface area contributed by atoms with Gasteiger partial charge in [-0.1, -0.05) is 18.2 Å². The Morgan fingerprint density at radius 2 is 2.17 bits per heavy atom. The average molecular weight is 249 g/mol. The Hall–Kier alpha value is -2.01. The highest BCUT2D eigenvalue weighted by molar-refractivity contribution is 5.77. The Labute approximate surface area is 105 Å². The number of methoxy groups -OCH3 is 2. The molecule has 2 rings (SSSR count). The number of ether oxygens (including phenoxy) is 2. The van der Waals surface area contributed by atoms with Gasteiger partial charge in [0.25, 0.3) is 0 Å². The Balaban J connectivity index is 2.14. The lowest BCUT2D eigenvalue weighted by Gasteiger charge is -2.12. The highest BCUT2D eigenvalue weighted by Crippen LogP contribution is 2.25. The fourth-order valence-corrected chi connectivity index (χ4v) is 1.71. The van der Waals surface area contributed by atoms with Crippen molar-refractivity contribution in [3.05, 3.63) is 36.1 Å². The van der Waals surface area contributed by atoms with Crippen LogP contribution < -0.4 is 5.32 Å². The minimum Gasteiger partial charge on any atom is -0.458 e. The van der Waals surface area contributed by atoms with Crippen molar-refractivity contribution in [2.75, 3.05) is 20.8 Å². The van der Waals surface area contributed by atoms with Gasteiger partial charge in [0.1, 0.15) is 17.4 Å². The van der Waals surface area contributed by atoms with E-state index in [9.17, 15) is 4.79 Å². The van der Waals surface area contributed by atoms with E-state index >= 15 is 0 Å². The molecule has 18 heavy (non-hydrogen) atoms. The monoisotopic (exact) mass is 249 g/mol. The molecule has 0 unspecified atom stereocenters. The molecule has 1 heterocycles. The predicted octanol–water partition coefficient (Wildman–Crippen LogP) is 2.48. The Morgan fingerprint density at radius 3 is 2.83 bits per heavy atom. The van der Waals surface area contributed by atoms with Crippen molar-refractivity contribution in [3.8, 4) is 0 Å². The second-order valence-corrected chi connectivity index (χ2v) is 3.78. The van der Waals surface area contributed by atoms with E-state index in [4.69, 9.17) is 9.15 Å². The SMILES string of the molecule is COC(=O)NC[C@@H](OC)c1cc2ccccc2o1. The lowest BCUT2D eigenvalue weighted by molar-refractivity contribution is 0.0823. The van der Waals surface area contributed by atoms with Gasteiger partial charge < -0.3 is 19.2 Å². The summed E-state index contributed by atoms with van der Waals surface area (Å²) >= 11 is 0. The minimum atomic E-state index is -0.492. The van der Waals surface area contributed by atoms with E-state index in [0.717, 1.165) is 11.0 Å². The van der Waals surface area contributed by atoms with Crippen LogP contribution >= 0.6 is 0 Å². The zero-order chi connectivity index (χ0) is 13.0. The fourth-order valence-electron chi connectivity index (χ4n) is 1.71. The summed E-state index contributed by atoms with van der Waals surface area (Å²) < 4.78 is 15.5. The summed E-state index contributed by atoms with van der Waals surface area (Å²) in [6, 6.07) is 9.60. The minimum absolute atomic E-state index is 0.295. The lowest BCUT2D eigenvalue weighted by atomic mass is 10.2. The van der Waals surface area contributed by atoms with Gasteiger partial charge in [0.2, 0.25) is 0 Å². The third-order valence-electron chi connectivity index (χ3n) is 2.66. The number of furan rings is 1. The highest BCUT2D eigenvalue weighted by Gasteiger charge is 2.16. The van der Waals surface area contributed by atoms with Gasteiger partial charge in [0.15, 0.2) is 0 Å². The number of fused-ring (bicyclic) bond motifs is 1. The molecule has 0 spiro atoms. The number of rotatable bonds is 4. The molecule has 0 saturated carbocycles. The smallest absolute Gasteiger partial charge is 0.406 e. The van der Waals surface area contributed by atoms with Crippen LogP contribution in [-0.2, 0) is 9.47 Å². The number of nitrogens with one attached hydrogen (secondary N) is 1. The first-order valence-corrected chi connectivity index (χ1v) is 5.57. The number of hydrogen-bond acceptors (Lipinski definition) is 4. The molecule has 0 aliphatic rings. The van der Waals surface area contributed by atoms with Gasteiger partial charge in [-0.05, 0) is 12.1 Å². The number of amides is 1. The highest BCUT2D eigenvalue weighted by atomic mass is 16.5. The average Bonchev–Trinajstić information content (AvgIpc) is 2.82. The van der Waals surface area contributed by atoms with Crippen LogP contribution in [0.3, 0.4) is 0 Å². The van der Waals surface area contributed by atoms with E-state index in [1.807, 2.05) is 30.3 Å². The van der Waals surface area contributed by atoms with Crippen LogP contribution in [0.15, 0.2) is 34.7 Å². The normalized spacial score (nSPS) is 12.3. The molecule has 2 aromatic rings. The summed E-state index contributed by atoms with van der Waals surface area (Å²) in [5.41, 5.74) is 0.799. The molecular formula is C13H15NO4. The van der Waals surface area contributed by atoms with E-state index in [1.54, 1.807) is 7.11 Å². The summed E-state index contributed by atoms with van der Waals surface area (Å²) in [7, 11) is 2.88. The maximum atomic E-state index is 11.0. The zero-order valence-electron chi connectivity index (χ0n) is 10.3. The van der Waals surface area contributed by atoms with Crippen molar-refractivity contribution in [2.24, 2.45) is 0 Å². The Morgan fingerprint density at radius 1 is 1.39 bits per heavy atom. The first kappa shape index (κ1) is 12.4. The third-order valence-corrected chi connectivity index (χ3v) is 2.66. The summed E-state index contributed by atoms with van der Waals surface area (Å²) in [5.74, 6) is 0.676. The van der Waals surface area contributed by atoms with Crippen molar-refractivity contribution >= 4 is 17.1 Å². The van der Waals surface area contributed by atoms with Gasteiger partial charge in [-0.25, -0.2) is 4.79 Å². The van der Waals surface area contributed by atoms with Crippen LogP contribution in [0.4, 0.5) is 4.79 Å². The van der Waals surface area contributed by atoms with Gasteiger partial charge >= 0.3 is 6.09 Å². The third kappa shape index (κ3) is 2.62. The van der Waals surface area contributed by atoms with Crippen LogP contribution in [0.2, 0.25) is 0 Å². The standard InChI is InChI=1S/C13H15NO4/c1-16-12(8-14-13(15)17-2)11-7-9-5-3-4-6-10(9)18-11/h3-7,12H,8H2,1-2H3,(H,14,15)/t12-/m1/s1. The van der Waals surface area contributed by atoms with Crippen molar-refractivity contribution in [1.82, 2.24) is 5.32 Å². The maximum absolute atomic E-state index is 11.0. The first-order chi connectivity index (χ1) is 8.74. The predicted molar refractivity (Wildman–Crippen MR) is 66.4 cm³/mol. The molecule has 0 fully saturated rings. The summed E-state index contributed by atoms with van der Waals surface area (Å²) in [4.78, 5) is 11.0. The van der Waals surface area contributed by atoms with Crippen molar-refractivity contribution in [3.63, 3.8) is 0 Å². The van der Waals surface area contributed by atoms with E-state index in [0.29, 0.717) is 12.3 Å². The number of para-hydroxylation sites is 1. The molecule has 0 bridgehead atoms. The van der Waals surface area contributed by atoms with Crippen molar-refractivity contribution in [1.29, 1.82) is 0 Å². The molecule has 1 N–H and O–H groups in total. The Bertz CT molecular complexity index is 502. The lowest BCUT2D eigenvalue weighted by Crippen LogP contribution is -2.28. The number of benzene rings is 1. The van der Waals surface area contributed by atoms with Crippen LogP contribution in [0.1, 0.15) is 11.9 Å². The van der Waals surface area contributed by atoms with Crippen LogP contribution in [0.25, 0.3) is 11.0 Å². The summed E-state index contributed by atoms with van der Waals surface area (Å²) in [5, 5.41) is 3.59. The van der Waals surface area contributed by atoms with E-state index in [-0.39, 0.29) is 6.10 Å². The van der Waals surface area contributed by atoms with Crippen LogP contribution in [0.5, 0.6) is 0 Å². The molecule has 0 saturated heterocycles. The molecule has 0 aliphatic heterocycles. The number of carbonyl (C=O) groups excluding carboxylic acids is 1. The van der Waals surface area contributed by atoms with Crippen molar-refractivity contribution < 1.29 is 18.7 Å². The largest absolute Gasteiger partial charge is 0.458 e. The van der Waals surface area contributed by atoms with Crippen LogP contribution in [0, 0.1) is 0 Å². The fraction of sp³-hybridized carbons (Fsp3) is 0.308. The topological polar surface area (TPSA) is 60.7 Å². The van der Waals surface area contributed by atoms with Gasteiger partial charge in [-0.2, -0.15) is 0 Å².